The molecule has 3 rings (SSSR count). The summed E-state index contributed by atoms with van der Waals surface area (Å²) in [6.07, 6.45) is -0.707. The molecule has 1 aromatic carbocycles. The maximum absolute atomic E-state index is 10.0. The first-order chi connectivity index (χ1) is 11.6. The highest BCUT2D eigenvalue weighted by Gasteiger charge is 2.22. The molecule has 1 fully saturated rings. The van der Waals surface area contributed by atoms with Gasteiger partial charge < -0.3 is 20.0 Å². The largest absolute Gasteiger partial charge is 0.378 e. The quantitative estimate of drug-likeness (QED) is 0.539. The van der Waals surface area contributed by atoms with Gasteiger partial charge in [-0.3, -0.25) is 0 Å². The second kappa shape index (κ2) is 7.97. The van der Waals surface area contributed by atoms with Crippen LogP contribution in [0.5, 0.6) is 0 Å². The number of rotatable bonds is 5. The fraction of sp³-hybridized carbons (Fsp3) is 0.400. The van der Waals surface area contributed by atoms with E-state index < -0.39 is 6.23 Å². The summed E-state index contributed by atoms with van der Waals surface area (Å²) in [5, 5.41) is 20.9. The summed E-state index contributed by atoms with van der Waals surface area (Å²) >= 11 is 13.4. The van der Waals surface area contributed by atoms with Crippen LogP contribution in [0, 0.1) is 0 Å². The van der Waals surface area contributed by atoms with E-state index in [1.807, 2.05) is 11.5 Å². The average Bonchev–Trinajstić information content (AvgIpc) is 3.02. The summed E-state index contributed by atoms with van der Waals surface area (Å²) in [7, 11) is 0. The Kier molecular flexibility index (Phi) is 5.93. The lowest BCUT2D eigenvalue weighted by atomic mass is 10.1. The van der Waals surface area contributed by atoms with Gasteiger partial charge >= 0.3 is 0 Å². The van der Waals surface area contributed by atoms with Gasteiger partial charge in [-0.05, 0) is 17.7 Å². The third-order valence-electron chi connectivity index (χ3n) is 3.72. The van der Waals surface area contributed by atoms with Crippen LogP contribution in [-0.4, -0.2) is 41.6 Å². The standard InChI is InChI=1S/C15H17Cl2N3O3S/c16-10-2-1-9(7-11(10)17)8-12-13(14(21)19-22)24-15(18-12)20-3-5-23-6-4-20/h1-2,7,14,19,21-22H,3-6,8H2. The Labute approximate surface area is 153 Å². The van der Waals surface area contributed by atoms with Crippen molar-refractivity contribution in [3.63, 3.8) is 0 Å². The van der Waals surface area contributed by atoms with Crippen LogP contribution in [0.2, 0.25) is 10.0 Å². The van der Waals surface area contributed by atoms with Crippen LogP contribution in [0.15, 0.2) is 18.2 Å². The second-order valence-electron chi connectivity index (χ2n) is 5.36. The highest BCUT2D eigenvalue weighted by molar-refractivity contribution is 7.15. The number of benzene rings is 1. The van der Waals surface area contributed by atoms with Gasteiger partial charge in [0.2, 0.25) is 0 Å². The van der Waals surface area contributed by atoms with E-state index in [4.69, 9.17) is 33.1 Å². The number of ether oxygens (including phenoxy) is 1. The molecule has 0 amide bonds. The molecular formula is C15H17Cl2N3O3S. The van der Waals surface area contributed by atoms with Gasteiger partial charge in [-0.2, -0.15) is 5.48 Å². The number of aliphatic hydroxyl groups is 1. The van der Waals surface area contributed by atoms with Crippen LogP contribution in [0.4, 0.5) is 5.13 Å². The van der Waals surface area contributed by atoms with Gasteiger partial charge in [-0.25, -0.2) is 4.98 Å². The maximum atomic E-state index is 10.0. The molecule has 1 atom stereocenters. The van der Waals surface area contributed by atoms with Gasteiger partial charge in [0.15, 0.2) is 11.4 Å². The molecular weight excluding hydrogens is 373 g/mol. The predicted molar refractivity (Wildman–Crippen MR) is 94.3 cm³/mol. The summed E-state index contributed by atoms with van der Waals surface area (Å²) in [6.45, 7) is 2.80. The number of hydrogen-bond acceptors (Lipinski definition) is 7. The molecule has 1 aliphatic rings. The Balaban J connectivity index is 1.89. The first kappa shape index (κ1) is 17.9. The molecule has 0 saturated carbocycles. The van der Waals surface area contributed by atoms with Crippen LogP contribution in [0.3, 0.4) is 0 Å². The Morgan fingerprint density at radius 2 is 2.04 bits per heavy atom. The van der Waals surface area contributed by atoms with Gasteiger partial charge in [0.25, 0.3) is 0 Å². The van der Waals surface area contributed by atoms with Crippen molar-refractivity contribution >= 4 is 39.7 Å². The lowest BCUT2D eigenvalue weighted by molar-refractivity contribution is 0.00233. The van der Waals surface area contributed by atoms with Gasteiger partial charge in [-0.1, -0.05) is 40.6 Å². The molecule has 2 heterocycles. The molecule has 130 valence electrons. The predicted octanol–water partition coefficient (Wildman–Crippen LogP) is 2.85. The molecule has 0 bridgehead atoms. The number of nitrogens with one attached hydrogen (secondary N) is 1. The molecule has 1 aromatic heterocycles. The zero-order chi connectivity index (χ0) is 17.1. The minimum atomic E-state index is -1.19. The Morgan fingerprint density at radius 3 is 2.71 bits per heavy atom. The molecule has 3 N–H and O–H groups in total. The Morgan fingerprint density at radius 1 is 1.29 bits per heavy atom. The summed E-state index contributed by atoms with van der Waals surface area (Å²) < 4.78 is 5.35. The number of nitrogens with zero attached hydrogens (tertiary/aromatic N) is 2. The lowest BCUT2D eigenvalue weighted by Gasteiger charge is -2.26. The zero-order valence-electron chi connectivity index (χ0n) is 12.7. The van der Waals surface area contributed by atoms with Crippen LogP contribution in [-0.2, 0) is 11.2 Å². The molecule has 0 spiro atoms. The molecule has 6 nitrogen and oxygen atoms in total. The number of anilines is 1. The first-order valence-corrected chi connectivity index (χ1v) is 8.99. The minimum Gasteiger partial charge on any atom is -0.378 e. The van der Waals surface area contributed by atoms with E-state index in [0.29, 0.717) is 40.3 Å². The van der Waals surface area contributed by atoms with Crippen LogP contribution in [0.1, 0.15) is 22.4 Å². The van der Waals surface area contributed by atoms with E-state index in [-0.39, 0.29) is 0 Å². The number of hydrogen-bond donors (Lipinski definition) is 3. The summed E-state index contributed by atoms with van der Waals surface area (Å²) in [5.41, 5.74) is 3.49. The maximum Gasteiger partial charge on any atom is 0.186 e. The lowest BCUT2D eigenvalue weighted by Crippen LogP contribution is -2.36. The SMILES string of the molecule is ONC(O)c1sc(N2CCOCC2)nc1Cc1ccc(Cl)c(Cl)c1. The summed E-state index contributed by atoms with van der Waals surface area (Å²) in [4.78, 5) is 7.34. The van der Waals surface area contributed by atoms with Gasteiger partial charge in [0.05, 0.1) is 33.8 Å². The van der Waals surface area contributed by atoms with E-state index in [2.05, 4.69) is 9.88 Å². The molecule has 1 aliphatic heterocycles. The van der Waals surface area contributed by atoms with Crippen molar-refractivity contribution in [1.29, 1.82) is 0 Å². The number of aliphatic hydroxyl groups excluding tert-OH is 1. The molecule has 0 radical (unpaired) electrons. The fourth-order valence-electron chi connectivity index (χ4n) is 2.48. The normalized spacial score (nSPS) is 16.4. The van der Waals surface area contributed by atoms with Crippen molar-refractivity contribution in [2.75, 3.05) is 31.2 Å². The van der Waals surface area contributed by atoms with Gasteiger partial charge in [0, 0.05) is 19.5 Å². The third-order valence-corrected chi connectivity index (χ3v) is 5.67. The van der Waals surface area contributed by atoms with Crippen molar-refractivity contribution in [2.45, 2.75) is 12.6 Å². The first-order valence-electron chi connectivity index (χ1n) is 7.42. The highest BCUT2D eigenvalue weighted by Crippen LogP contribution is 2.33. The Hall–Kier alpha value is -0.930. The van der Waals surface area contributed by atoms with Crippen LogP contribution in [0.25, 0.3) is 0 Å². The molecule has 24 heavy (non-hydrogen) atoms. The highest BCUT2D eigenvalue weighted by atomic mass is 35.5. The molecule has 1 saturated heterocycles. The zero-order valence-corrected chi connectivity index (χ0v) is 15.0. The Bertz CT molecular complexity index is 707. The van der Waals surface area contributed by atoms with Crippen molar-refractivity contribution in [2.24, 2.45) is 0 Å². The van der Waals surface area contributed by atoms with Crippen molar-refractivity contribution in [1.82, 2.24) is 10.5 Å². The number of halogens is 2. The molecule has 1 unspecified atom stereocenters. The van der Waals surface area contributed by atoms with Crippen molar-refractivity contribution in [3.05, 3.63) is 44.4 Å². The van der Waals surface area contributed by atoms with Gasteiger partial charge in [0.1, 0.15) is 0 Å². The topological polar surface area (TPSA) is 77.8 Å². The number of hydroxylamine groups is 1. The molecule has 9 heteroatoms. The van der Waals surface area contributed by atoms with E-state index in [0.717, 1.165) is 23.8 Å². The molecule has 0 aliphatic carbocycles. The minimum absolute atomic E-state index is 0.472. The van der Waals surface area contributed by atoms with Crippen molar-refractivity contribution in [3.8, 4) is 0 Å². The second-order valence-corrected chi connectivity index (χ2v) is 7.19. The number of aromatic nitrogens is 1. The smallest absolute Gasteiger partial charge is 0.186 e. The molecule has 2 aromatic rings. The average molecular weight is 390 g/mol. The number of thiazole rings is 1. The van der Waals surface area contributed by atoms with E-state index in [1.54, 1.807) is 12.1 Å². The van der Waals surface area contributed by atoms with Crippen molar-refractivity contribution < 1.29 is 15.1 Å². The fourth-order valence-corrected chi connectivity index (χ4v) is 3.87. The van der Waals surface area contributed by atoms with E-state index in [9.17, 15) is 5.11 Å². The summed E-state index contributed by atoms with van der Waals surface area (Å²) in [6, 6.07) is 5.37. The monoisotopic (exact) mass is 389 g/mol. The number of morpholine rings is 1. The summed E-state index contributed by atoms with van der Waals surface area (Å²) in [5.74, 6) is 0. The van der Waals surface area contributed by atoms with E-state index in [1.165, 1.54) is 11.3 Å². The van der Waals surface area contributed by atoms with Gasteiger partial charge in [-0.15, -0.1) is 0 Å². The van der Waals surface area contributed by atoms with Crippen LogP contribution < -0.4 is 10.4 Å². The van der Waals surface area contributed by atoms with E-state index >= 15 is 0 Å². The third kappa shape index (κ3) is 4.00. The van der Waals surface area contributed by atoms with Crippen LogP contribution >= 0.6 is 34.5 Å².